The van der Waals surface area contributed by atoms with Crippen LogP contribution in [0.15, 0.2) is 40.4 Å². The van der Waals surface area contributed by atoms with Crippen LogP contribution in [-0.4, -0.2) is 204 Å². The van der Waals surface area contributed by atoms with Gasteiger partial charge in [-0.3, -0.25) is 19.3 Å². The lowest BCUT2D eigenvalue weighted by molar-refractivity contribution is -0.305. The number of sulfonamides is 1. The van der Waals surface area contributed by atoms with Crippen LogP contribution in [0.3, 0.4) is 0 Å². The monoisotopic (exact) mass is 1280 g/mol. The second-order valence-corrected chi connectivity index (χ2v) is 29.0. The molecule has 24 nitrogen and oxygen atoms in total. The molecule has 0 bridgehead atoms. The largest absolute Gasteiger partial charge is 0.461 e. The number of carbonyl (C=O) groups excluding carboxylic acids is 4. The number of hydrogen-bond donors (Lipinski definition) is 4. The van der Waals surface area contributed by atoms with Gasteiger partial charge in [0.1, 0.15) is 43.7 Å². The first-order valence-electron chi connectivity index (χ1n) is 31.9. The third-order valence-corrected chi connectivity index (χ3v) is 19.5. The molecular formula is C64H106N4O20S. The lowest BCUT2D eigenvalue weighted by atomic mass is 9.74. The first kappa shape index (κ1) is 74.1. The van der Waals surface area contributed by atoms with Gasteiger partial charge in [-0.1, -0.05) is 71.8 Å². The number of carbonyl (C=O) groups is 4. The predicted octanol–water partition coefficient (Wildman–Crippen LogP) is 6.54. The summed E-state index contributed by atoms with van der Waals surface area (Å²) in [6.07, 6.45) is -12.2. The molecular weight excluding hydrogens is 1180 g/mol. The molecule has 5 fully saturated rings. The fourth-order valence-electron chi connectivity index (χ4n) is 13.0. The number of aliphatic hydroxyl groups is 2. The fourth-order valence-corrected chi connectivity index (χ4v) is 14.3. The maximum Gasteiger partial charge on any atom is 0.408 e. The van der Waals surface area contributed by atoms with Gasteiger partial charge in [-0.15, -0.1) is 0 Å². The summed E-state index contributed by atoms with van der Waals surface area (Å²) >= 11 is 0. The topological polar surface area (TPSA) is 293 Å². The molecule has 1 saturated carbocycles. The molecule has 1 aromatic carbocycles. The highest BCUT2D eigenvalue weighted by Gasteiger charge is 2.53. The van der Waals surface area contributed by atoms with Crippen molar-refractivity contribution in [2.24, 2.45) is 52.5 Å². The van der Waals surface area contributed by atoms with Crippen LogP contribution in [0.25, 0.3) is 0 Å². The molecule has 1 amide bonds. The van der Waals surface area contributed by atoms with E-state index in [1.54, 1.807) is 80.5 Å². The van der Waals surface area contributed by atoms with Crippen molar-refractivity contribution in [3.05, 3.63) is 30.3 Å². The highest BCUT2D eigenvalue weighted by atomic mass is 32.2. The van der Waals surface area contributed by atoms with Crippen molar-refractivity contribution in [2.45, 2.75) is 250 Å². The minimum atomic E-state index is -4.03. The molecule has 0 radical (unpaired) electrons. The second kappa shape index (κ2) is 32.3. The van der Waals surface area contributed by atoms with Gasteiger partial charge in [-0.2, -0.15) is 0 Å². The van der Waals surface area contributed by atoms with E-state index >= 15 is 9.59 Å². The zero-order valence-corrected chi connectivity index (χ0v) is 56.6. The molecule has 5 aliphatic rings. The number of ketones is 1. The Morgan fingerprint density at radius 2 is 1.49 bits per heavy atom. The smallest absolute Gasteiger partial charge is 0.408 e. The zero-order valence-electron chi connectivity index (χ0n) is 55.8. The summed E-state index contributed by atoms with van der Waals surface area (Å²) in [6.45, 7) is 27.5. The number of methoxy groups -OCH3 is 2. The summed E-state index contributed by atoms with van der Waals surface area (Å²) in [7, 11) is 0.220. The van der Waals surface area contributed by atoms with Crippen LogP contribution in [-0.2, 0) is 81.3 Å². The molecule has 6 rings (SSSR count). The Hall–Kier alpha value is -3.96. The van der Waals surface area contributed by atoms with E-state index in [-0.39, 0.29) is 61.1 Å². The summed E-state index contributed by atoms with van der Waals surface area (Å²) in [4.78, 5) is 68.2. The first-order valence-corrected chi connectivity index (χ1v) is 33.4. The standard InChI is InChI=1S/C64H106N4O20S/c1-34(2)26-48(69)84-54-41(9)53(36(4)32-80-61-57(78-17)56(77-16)50(70)44(12)83-61)86-59(73)43(11)55(85-49-27-37(5)68(30-39(7)81-49)31-45-24-25-45)40(8)52(87-60-51(71)47(67-79-18)28-38(6)82-60)35(3)29-64(15,58(72)42(54)10)88-62(74)66-63(13,14)33-65-89(75,76)46-22-20-19-21-23-46/h19-23,34-45,49-57,60-61,65,70-71H,24-33H2,1-18H3,(H,66,74)/t35?,36?,37-,38+,39-,40?,41?,42?,43?,44+,49-,50+,51+,52?,53?,54?,55?,56+,57+,60-,61+,64?/m0/s1. The number of hydrogen-bond acceptors (Lipinski definition) is 22. The van der Waals surface area contributed by atoms with Gasteiger partial charge in [0.05, 0.1) is 65.1 Å². The SMILES string of the molecule is CON=C1C[C@@H](C)O[C@@H](OC2C(C)CC(C)(OC(=O)NC(C)(C)CNS(=O)(=O)c3ccccc3)C(=O)C(C)C(OC(=O)CC(C)C)C(C)C(C(C)CO[C@@H]3O[C@H](C)[C@@H](O)[C@@H](OC)[C@H]3OC)OC(=O)C(C)C(O[C@H]3C[C@H](C)N(CC4CC4)C[C@H](C)O3)C2C)[C@@H]1O. The second-order valence-electron chi connectivity index (χ2n) is 27.3. The van der Waals surface area contributed by atoms with Crippen LogP contribution in [0.2, 0.25) is 0 Å². The van der Waals surface area contributed by atoms with Gasteiger partial charge >= 0.3 is 18.0 Å². The summed E-state index contributed by atoms with van der Waals surface area (Å²) in [5, 5.41) is 29.9. The van der Waals surface area contributed by atoms with E-state index in [4.69, 9.17) is 56.9 Å². The van der Waals surface area contributed by atoms with Gasteiger partial charge in [-0.05, 0) is 105 Å². The first-order chi connectivity index (χ1) is 41.7. The summed E-state index contributed by atoms with van der Waals surface area (Å²) in [5.74, 6) is -7.45. The molecule has 25 heteroatoms. The van der Waals surface area contributed by atoms with E-state index < -0.39 is 160 Å². The minimum Gasteiger partial charge on any atom is -0.461 e. The maximum absolute atomic E-state index is 16.1. The Balaban J connectivity index is 1.50. The molecule has 22 atom stereocenters. The Bertz CT molecular complexity index is 2600. The van der Waals surface area contributed by atoms with Crippen molar-refractivity contribution >= 4 is 39.6 Å². The van der Waals surface area contributed by atoms with E-state index in [1.807, 2.05) is 27.7 Å². The number of nitrogens with zero attached hydrogens (tertiary/aromatic N) is 2. The number of benzene rings is 1. The Kier molecular flexibility index (Phi) is 26.8. The van der Waals surface area contributed by atoms with Crippen molar-refractivity contribution in [3.63, 3.8) is 0 Å². The number of rotatable bonds is 22. The van der Waals surface area contributed by atoms with Gasteiger partial charge in [-0.25, -0.2) is 17.9 Å². The van der Waals surface area contributed by atoms with Crippen molar-refractivity contribution in [3.8, 4) is 0 Å². The van der Waals surface area contributed by atoms with Crippen LogP contribution in [0, 0.1) is 47.3 Å². The molecule has 4 saturated heterocycles. The highest BCUT2D eigenvalue weighted by Crippen LogP contribution is 2.41. The number of alkyl carbamates (subject to hydrolysis) is 1. The Labute approximate surface area is 528 Å². The number of amides is 1. The Morgan fingerprint density at radius 3 is 2.11 bits per heavy atom. The average molecular weight is 1280 g/mol. The van der Waals surface area contributed by atoms with Gasteiger partial charge in [0.2, 0.25) is 10.0 Å². The number of cyclic esters (lactones) is 1. The van der Waals surface area contributed by atoms with Gasteiger partial charge in [0.15, 0.2) is 30.3 Å². The molecule has 1 aromatic rings. The van der Waals surface area contributed by atoms with Crippen LogP contribution in [0.1, 0.15) is 142 Å². The summed E-state index contributed by atoms with van der Waals surface area (Å²) < 4.78 is 100. The maximum atomic E-state index is 16.1. The molecule has 0 aromatic heterocycles. The molecule has 4 N–H and O–H groups in total. The van der Waals surface area contributed by atoms with Crippen LogP contribution >= 0.6 is 0 Å². The van der Waals surface area contributed by atoms with Gasteiger partial charge in [0, 0.05) is 76.9 Å². The fraction of sp³-hybridized carbons (Fsp3) is 0.828. The summed E-state index contributed by atoms with van der Waals surface area (Å²) in [5.41, 5.74) is -3.18. The quantitative estimate of drug-likeness (QED) is 0.0544. The van der Waals surface area contributed by atoms with E-state index in [2.05, 4.69) is 27.0 Å². The molecule has 11 unspecified atom stereocenters. The number of Topliss-reactive ketones (excluding diaryl/α,β-unsaturated/α-hetero) is 1. The summed E-state index contributed by atoms with van der Waals surface area (Å²) in [6, 6.07) is 7.77. The molecule has 1 aliphatic carbocycles. The lowest BCUT2D eigenvalue weighted by Crippen LogP contribution is -2.59. The van der Waals surface area contributed by atoms with Gasteiger partial charge < -0.3 is 72.5 Å². The minimum absolute atomic E-state index is 0.0155. The van der Waals surface area contributed by atoms with Crippen LogP contribution in [0.5, 0.6) is 0 Å². The zero-order chi connectivity index (χ0) is 66.0. The lowest BCUT2D eigenvalue weighted by Gasteiger charge is -2.45. The van der Waals surface area contributed by atoms with E-state index in [9.17, 15) is 28.2 Å². The van der Waals surface area contributed by atoms with E-state index in [1.165, 1.54) is 40.4 Å². The molecule has 4 aliphatic heterocycles. The normalized spacial score (nSPS) is 37.6. The number of esters is 2. The van der Waals surface area contributed by atoms with Gasteiger partial charge in [0.25, 0.3) is 0 Å². The molecule has 0 spiro atoms. The number of nitrogens with one attached hydrogen (secondary N) is 2. The molecule has 89 heavy (non-hydrogen) atoms. The molecule has 4 heterocycles. The van der Waals surface area contributed by atoms with Crippen molar-refractivity contribution in [1.29, 1.82) is 0 Å². The highest BCUT2D eigenvalue weighted by molar-refractivity contribution is 7.89. The van der Waals surface area contributed by atoms with E-state index in [0.29, 0.717) is 18.9 Å². The van der Waals surface area contributed by atoms with Crippen LogP contribution < -0.4 is 10.0 Å². The Morgan fingerprint density at radius 1 is 0.831 bits per heavy atom. The van der Waals surface area contributed by atoms with Crippen molar-refractivity contribution in [2.75, 3.05) is 47.6 Å². The number of ether oxygens (including phenoxy) is 11. The van der Waals surface area contributed by atoms with Crippen molar-refractivity contribution < 1.29 is 94.8 Å². The predicted molar refractivity (Wildman–Crippen MR) is 327 cm³/mol. The third kappa shape index (κ3) is 19.8. The number of aliphatic hydroxyl groups excluding tert-OH is 2. The van der Waals surface area contributed by atoms with Crippen LogP contribution in [0.4, 0.5) is 4.79 Å². The van der Waals surface area contributed by atoms with Crippen molar-refractivity contribution in [1.82, 2.24) is 14.9 Å². The van der Waals surface area contributed by atoms with E-state index in [0.717, 1.165) is 19.4 Å². The third-order valence-electron chi connectivity index (χ3n) is 18.1. The average Bonchev–Trinajstić information content (AvgIpc) is 2.43. The molecule has 508 valence electrons. The number of oxime groups is 1.